The molecule has 0 amide bonds. The predicted octanol–water partition coefficient (Wildman–Crippen LogP) is 3.45. The van der Waals surface area contributed by atoms with Gasteiger partial charge in [0.2, 0.25) is 0 Å². The van der Waals surface area contributed by atoms with Gasteiger partial charge in [0, 0.05) is 22.7 Å². The van der Waals surface area contributed by atoms with Gasteiger partial charge >= 0.3 is 0 Å². The Kier molecular flexibility index (Phi) is 7.74. The molecule has 4 heteroatoms. The minimum absolute atomic E-state index is 0.119. The zero-order valence-corrected chi connectivity index (χ0v) is 14.7. The van der Waals surface area contributed by atoms with Crippen molar-refractivity contribution in [3.8, 4) is 0 Å². The van der Waals surface area contributed by atoms with E-state index in [-0.39, 0.29) is 11.6 Å². The Morgan fingerprint density at radius 3 is 2.62 bits per heavy atom. The van der Waals surface area contributed by atoms with Crippen molar-refractivity contribution < 1.29 is 9.84 Å². The first-order chi connectivity index (χ1) is 9.76. The van der Waals surface area contributed by atoms with E-state index in [1.54, 1.807) is 11.8 Å². The van der Waals surface area contributed by atoms with Gasteiger partial charge in [-0.3, -0.25) is 0 Å². The zero-order chi connectivity index (χ0) is 15.9. The van der Waals surface area contributed by atoms with Crippen LogP contribution in [0.1, 0.15) is 40.2 Å². The molecule has 0 spiro atoms. The normalized spacial score (nSPS) is 13.7. The number of aliphatic hydroxyl groups excluding tert-OH is 1. The third kappa shape index (κ3) is 9.14. The first-order valence-electron chi connectivity index (χ1n) is 7.53. The standard InChI is InChI=1S/C17H29NO2S/c1-13(2)20-11-15(19)12-21-16-8-6-7-14(9-16)10-18-17(3,4)5/h6-9,13,15,18-19H,10-12H2,1-5H3. The van der Waals surface area contributed by atoms with Crippen molar-refractivity contribution in [1.82, 2.24) is 5.32 Å². The maximum Gasteiger partial charge on any atom is 0.0867 e. The van der Waals surface area contributed by atoms with Crippen LogP contribution in [0.5, 0.6) is 0 Å². The fourth-order valence-electron chi connectivity index (χ4n) is 1.66. The summed E-state index contributed by atoms with van der Waals surface area (Å²) in [5, 5.41) is 13.4. The summed E-state index contributed by atoms with van der Waals surface area (Å²) in [7, 11) is 0. The molecule has 2 N–H and O–H groups in total. The zero-order valence-electron chi connectivity index (χ0n) is 13.8. The minimum atomic E-state index is -0.422. The molecule has 0 saturated carbocycles. The van der Waals surface area contributed by atoms with Crippen LogP contribution in [0.15, 0.2) is 29.2 Å². The quantitative estimate of drug-likeness (QED) is 0.722. The molecule has 0 radical (unpaired) electrons. The molecular formula is C17H29NO2S. The van der Waals surface area contributed by atoms with Crippen LogP contribution < -0.4 is 5.32 Å². The van der Waals surface area contributed by atoms with Crippen LogP contribution in [0, 0.1) is 0 Å². The van der Waals surface area contributed by atoms with Crippen LogP contribution in [-0.4, -0.2) is 35.2 Å². The second-order valence-electron chi connectivity index (χ2n) is 6.60. The lowest BCUT2D eigenvalue weighted by Gasteiger charge is -2.20. The lowest BCUT2D eigenvalue weighted by atomic mass is 10.1. The Bertz CT molecular complexity index is 415. The van der Waals surface area contributed by atoms with E-state index in [4.69, 9.17) is 4.74 Å². The summed E-state index contributed by atoms with van der Waals surface area (Å²) in [5.74, 6) is 0.656. The van der Waals surface area contributed by atoms with E-state index in [2.05, 4.69) is 50.4 Å². The van der Waals surface area contributed by atoms with Crippen molar-refractivity contribution in [2.24, 2.45) is 0 Å². The number of benzene rings is 1. The largest absolute Gasteiger partial charge is 0.390 e. The number of ether oxygens (including phenoxy) is 1. The summed E-state index contributed by atoms with van der Waals surface area (Å²) in [6.45, 7) is 11.7. The van der Waals surface area contributed by atoms with Crippen molar-refractivity contribution in [3.05, 3.63) is 29.8 Å². The summed E-state index contributed by atoms with van der Waals surface area (Å²) in [4.78, 5) is 1.19. The predicted molar refractivity (Wildman–Crippen MR) is 90.9 cm³/mol. The molecule has 1 aromatic carbocycles. The monoisotopic (exact) mass is 311 g/mol. The maximum absolute atomic E-state index is 9.88. The molecular weight excluding hydrogens is 282 g/mol. The molecule has 1 aromatic rings. The molecule has 0 fully saturated rings. The van der Waals surface area contributed by atoms with Crippen molar-refractivity contribution in [2.45, 2.75) is 63.8 Å². The Hall–Kier alpha value is -0.550. The number of nitrogens with one attached hydrogen (secondary N) is 1. The second-order valence-corrected chi connectivity index (χ2v) is 7.69. The first-order valence-corrected chi connectivity index (χ1v) is 8.51. The van der Waals surface area contributed by atoms with E-state index in [0.717, 1.165) is 6.54 Å². The molecule has 0 saturated heterocycles. The molecule has 3 nitrogen and oxygen atoms in total. The van der Waals surface area contributed by atoms with Crippen LogP contribution in [0.3, 0.4) is 0 Å². The number of hydrogen-bond donors (Lipinski definition) is 2. The fourth-order valence-corrected chi connectivity index (χ4v) is 2.55. The molecule has 0 heterocycles. The highest BCUT2D eigenvalue weighted by Crippen LogP contribution is 2.20. The van der Waals surface area contributed by atoms with E-state index in [1.807, 2.05) is 13.8 Å². The SMILES string of the molecule is CC(C)OCC(O)CSc1cccc(CNC(C)(C)C)c1. The van der Waals surface area contributed by atoms with Gasteiger partial charge in [0.1, 0.15) is 0 Å². The molecule has 1 rings (SSSR count). The van der Waals surface area contributed by atoms with Crippen LogP contribution in [-0.2, 0) is 11.3 Å². The topological polar surface area (TPSA) is 41.5 Å². The van der Waals surface area contributed by atoms with E-state index in [9.17, 15) is 5.11 Å². The van der Waals surface area contributed by atoms with Crippen LogP contribution in [0.4, 0.5) is 0 Å². The van der Waals surface area contributed by atoms with Gasteiger partial charge in [0.15, 0.2) is 0 Å². The summed E-state index contributed by atoms with van der Waals surface area (Å²) in [6, 6.07) is 8.46. The highest BCUT2D eigenvalue weighted by molar-refractivity contribution is 7.99. The maximum atomic E-state index is 9.88. The van der Waals surface area contributed by atoms with Crippen LogP contribution >= 0.6 is 11.8 Å². The molecule has 0 bridgehead atoms. The Balaban J connectivity index is 2.42. The smallest absolute Gasteiger partial charge is 0.0867 e. The summed E-state index contributed by atoms with van der Waals surface area (Å²) < 4.78 is 5.42. The van der Waals surface area contributed by atoms with Crippen LogP contribution in [0.2, 0.25) is 0 Å². The van der Waals surface area contributed by atoms with Crippen molar-refractivity contribution >= 4 is 11.8 Å². The van der Waals surface area contributed by atoms with Crippen molar-refractivity contribution in [3.63, 3.8) is 0 Å². The summed E-state index contributed by atoms with van der Waals surface area (Å²) >= 11 is 1.67. The molecule has 1 unspecified atom stereocenters. The number of rotatable bonds is 8. The van der Waals surface area contributed by atoms with Crippen molar-refractivity contribution in [2.75, 3.05) is 12.4 Å². The molecule has 120 valence electrons. The minimum Gasteiger partial charge on any atom is -0.390 e. The van der Waals surface area contributed by atoms with Gasteiger partial charge in [-0.05, 0) is 52.3 Å². The number of hydrogen-bond acceptors (Lipinski definition) is 4. The fraction of sp³-hybridized carbons (Fsp3) is 0.647. The first kappa shape index (κ1) is 18.5. The molecule has 0 aromatic heterocycles. The highest BCUT2D eigenvalue weighted by Gasteiger charge is 2.09. The van der Waals surface area contributed by atoms with Gasteiger partial charge in [0.25, 0.3) is 0 Å². The van der Waals surface area contributed by atoms with Gasteiger partial charge in [-0.1, -0.05) is 12.1 Å². The third-order valence-corrected chi connectivity index (χ3v) is 3.92. The van der Waals surface area contributed by atoms with E-state index < -0.39 is 6.10 Å². The lowest BCUT2D eigenvalue weighted by Crippen LogP contribution is -2.35. The van der Waals surface area contributed by atoms with E-state index in [0.29, 0.717) is 12.4 Å². The van der Waals surface area contributed by atoms with Gasteiger partial charge < -0.3 is 15.2 Å². The third-order valence-electron chi connectivity index (χ3n) is 2.79. The molecule has 0 aliphatic carbocycles. The second kappa shape index (κ2) is 8.79. The molecule has 1 atom stereocenters. The van der Waals surface area contributed by atoms with Gasteiger partial charge in [-0.2, -0.15) is 0 Å². The molecule has 0 aliphatic heterocycles. The van der Waals surface area contributed by atoms with Crippen LogP contribution in [0.25, 0.3) is 0 Å². The highest BCUT2D eigenvalue weighted by atomic mass is 32.2. The van der Waals surface area contributed by atoms with Gasteiger partial charge in [-0.15, -0.1) is 11.8 Å². The van der Waals surface area contributed by atoms with Crippen molar-refractivity contribution in [1.29, 1.82) is 0 Å². The Morgan fingerprint density at radius 1 is 1.29 bits per heavy atom. The van der Waals surface area contributed by atoms with E-state index >= 15 is 0 Å². The summed E-state index contributed by atoms with van der Waals surface area (Å²) in [5.41, 5.74) is 1.39. The van der Waals surface area contributed by atoms with E-state index in [1.165, 1.54) is 10.5 Å². The Morgan fingerprint density at radius 2 is 2.00 bits per heavy atom. The van der Waals surface area contributed by atoms with Gasteiger partial charge in [-0.25, -0.2) is 0 Å². The average molecular weight is 311 g/mol. The lowest BCUT2D eigenvalue weighted by molar-refractivity contribution is 0.0152. The van der Waals surface area contributed by atoms with Gasteiger partial charge in [0.05, 0.1) is 18.8 Å². The number of thioether (sulfide) groups is 1. The molecule has 21 heavy (non-hydrogen) atoms. The average Bonchev–Trinajstić information content (AvgIpc) is 2.40. The Labute approximate surface area is 133 Å². The number of aliphatic hydroxyl groups is 1. The molecule has 0 aliphatic rings. The summed E-state index contributed by atoms with van der Waals surface area (Å²) in [6.07, 6.45) is -0.259.